The molecule has 1 aromatic rings. The third-order valence-corrected chi connectivity index (χ3v) is 3.45. The van der Waals surface area contributed by atoms with Crippen LogP contribution in [0, 0.1) is 0 Å². The first-order valence-electron chi connectivity index (χ1n) is 6.66. The lowest BCUT2D eigenvalue weighted by Crippen LogP contribution is -2.38. The molecule has 1 amide bonds. The van der Waals surface area contributed by atoms with Gasteiger partial charge in [0.2, 0.25) is 0 Å². The van der Waals surface area contributed by atoms with Crippen molar-refractivity contribution in [3.05, 3.63) is 24.0 Å². The molecule has 1 unspecified atom stereocenters. The minimum absolute atomic E-state index is 0.274. The number of aliphatic hydroxyl groups is 1. The van der Waals surface area contributed by atoms with Crippen molar-refractivity contribution >= 4 is 11.9 Å². The van der Waals surface area contributed by atoms with E-state index in [9.17, 15) is 9.59 Å². The van der Waals surface area contributed by atoms with E-state index in [1.165, 1.54) is 0 Å². The second-order valence-corrected chi connectivity index (χ2v) is 4.85. The van der Waals surface area contributed by atoms with Crippen molar-refractivity contribution < 1.29 is 19.8 Å². The van der Waals surface area contributed by atoms with Gasteiger partial charge in [0.05, 0.1) is 6.54 Å². The Kier molecular flexibility index (Phi) is 4.75. The lowest BCUT2D eigenvalue weighted by atomic mass is 10.1. The summed E-state index contributed by atoms with van der Waals surface area (Å²) in [7, 11) is 0. The summed E-state index contributed by atoms with van der Waals surface area (Å²) in [5.74, 6) is -1.71. The standard InChI is InChI=1S/C13H19N3O4/c17-11(13(19)20)8-15-12(18)10-2-1-7-16(10)9-3-5-14-6-4-9/h1-2,7,9,11,14,17H,3-6,8H2,(H,15,18)(H,19,20). The number of aromatic nitrogens is 1. The second-order valence-electron chi connectivity index (χ2n) is 4.85. The fraction of sp³-hybridized carbons (Fsp3) is 0.538. The van der Waals surface area contributed by atoms with Gasteiger partial charge in [-0.2, -0.15) is 0 Å². The van der Waals surface area contributed by atoms with E-state index < -0.39 is 12.1 Å². The van der Waals surface area contributed by atoms with Crippen LogP contribution < -0.4 is 10.6 Å². The van der Waals surface area contributed by atoms with Crippen LogP contribution in [0.3, 0.4) is 0 Å². The molecule has 7 heteroatoms. The molecule has 110 valence electrons. The normalized spacial score (nSPS) is 17.6. The highest BCUT2D eigenvalue weighted by atomic mass is 16.4. The van der Waals surface area contributed by atoms with Gasteiger partial charge in [0, 0.05) is 12.2 Å². The molecule has 1 aromatic heterocycles. The van der Waals surface area contributed by atoms with Gasteiger partial charge < -0.3 is 25.4 Å². The molecule has 2 rings (SSSR count). The molecule has 20 heavy (non-hydrogen) atoms. The van der Waals surface area contributed by atoms with Crippen LogP contribution in [-0.4, -0.2) is 52.4 Å². The van der Waals surface area contributed by atoms with Crippen LogP contribution >= 0.6 is 0 Å². The van der Waals surface area contributed by atoms with E-state index in [1.807, 2.05) is 10.8 Å². The molecule has 0 spiro atoms. The summed E-state index contributed by atoms with van der Waals surface area (Å²) in [5, 5.41) is 23.4. The van der Waals surface area contributed by atoms with E-state index in [4.69, 9.17) is 10.2 Å². The van der Waals surface area contributed by atoms with Crippen LogP contribution in [0.2, 0.25) is 0 Å². The summed E-state index contributed by atoms with van der Waals surface area (Å²) in [6.45, 7) is 1.54. The Morgan fingerprint density at radius 1 is 1.45 bits per heavy atom. The fourth-order valence-corrected chi connectivity index (χ4v) is 2.36. The molecule has 4 N–H and O–H groups in total. The van der Waals surface area contributed by atoms with Gasteiger partial charge in [-0.3, -0.25) is 4.79 Å². The van der Waals surface area contributed by atoms with Crippen LogP contribution in [0.15, 0.2) is 18.3 Å². The third-order valence-electron chi connectivity index (χ3n) is 3.45. The molecule has 0 aromatic carbocycles. The van der Waals surface area contributed by atoms with Gasteiger partial charge in [-0.15, -0.1) is 0 Å². The van der Waals surface area contributed by atoms with E-state index in [-0.39, 0.29) is 18.5 Å². The van der Waals surface area contributed by atoms with Gasteiger partial charge in [-0.1, -0.05) is 0 Å². The number of nitrogens with zero attached hydrogens (tertiary/aromatic N) is 1. The van der Waals surface area contributed by atoms with Crippen molar-refractivity contribution in [2.75, 3.05) is 19.6 Å². The maximum Gasteiger partial charge on any atom is 0.334 e. The summed E-state index contributed by atoms with van der Waals surface area (Å²) < 4.78 is 1.92. The Hall–Kier alpha value is -1.86. The minimum Gasteiger partial charge on any atom is -0.479 e. The molecule has 1 aliphatic rings. The Labute approximate surface area is 116 Å². The maximum absolute atomic E-state index is 12.0. The van der Waals surface area contributed by atoms with Gasteiger partial charge in [0.15, 0.2) is 6.10 Å². The first kappa shape index (κ1) is 14.5. The highest BCUT2D eigenvalue weighted by Crippen LogP contribution is 2.21. The topological polar surface area (TPSA) is 104 Å². The number of hydrogen-bond acceptors (Lipinski definition) is 4. The minimum atomic E-state index is -1.58. The van der Waals surface area contributed by atoms with E-state index >= 15 is 0 Å². The SMILES string of the molecule is O=C(NCC(O)C(=O)O)c1cccn1C1CCNCC1. The average molecular weight is 281 g/mol. The average Bonchev–Trinajstić information content (AvgIpc) is 2.94. The number of aliphatic hydroxyl groups excluding tert-OH is 1. The van der Waals surface area contributed by atoms with Crippen molar-refractivity contribution in [3.63, 3.8) is 0 Å². The van der Waals surface area contributed by atoms with Crippen LogP contribution in [0.5, 0.6) is 0 Å². The van der Waals surface area contributed by atoms with Crippen LogP contribution in [0.1, 0.15) is 29.4 Å². The number of carbonyl (C=O) groups is 2. The smallest absolute Gasteiger partial charge is 0.334 e. The predicted octanol–water partition coefficient (Wildman–Crippen LogP) is -0.412. The Bertz CT molecular complexity index is 480. The molecule has 1 saturated heterocycles. The third kappa shape index (κ3) is 3.37. The molecule has 1 fully saturated rings. The summed E-state index contributed by atoms with van der Waals surface area (Å²) >= 11 is 0. The van der Waals surface area contributed by atoms with Crippen LogP contribution in [0.4, 0.5) is 0 Å². The number of carbonyl (C=O) groups excluding carboxylic acids is 1. The first-order chi connectivity index (χ1) is 9.59. The first-order valence-corrected chi connectivity index (χ1v) is 6.66. The number of rotatable bonds is 5. The predicted molar refractivity (Wildman–Crippen MR) is 71.5 cm³/mol. The quantitative estimate of drug-likeness (QED) is 0.587. The van der Waals surface area contributed by atoms with E-state index in [2.05, 4.69) is 10.6 Å². The van der Waals surface area contributed by atoms with Gasteiger partial charge >= 0.3 is 5.97 Å². The number of nitrogens with one attached hydrogen (secondary N) is 2. The van der Waals surface area contributed by atoms with Gasteiger partial charge in [-0.05, 0) is 38.1 Å². The van der Waals surface area contributed by atoms with Crippen molar-refractivity contribution in [3.8, 4) is 0 Å². The van der Waals surface area contributed by atoms with Gasteiger partial charge in [-0.25, -0.2) is 4.79 Å². The number of amides is 1. The molecule has 0 radical (unpaired) electrons. The van der Waals surface area contributed by atoms with Crippen molar-refractivity contribution in [2.45, 2.75) is 25.0 Å². The van der Waals surface area contributed by atoms with Gasteiger partial charge in [0.1, 0.15) is 5.69 Å². The largest absolute Gasteiger partial charge is 0.479 e. The Balaban J connectivity index is 1.99. The highest BCUT2D eigenvalue weighted by Gasteiger charge is 2.21. The molecule has 1 aliphatic heterocycles. The molecule has 7 nitrogen and oxygen atoms in total. The van der Waals surface area contributed by atoms with Gasteiger partial charge in [0.25, 0.3) is 5.91 Å². The molecule has 0 bridgehead atoms. The van der Waals surface area contributed by atoms with Crippen molar-refractivity contribution in [1.29, 1.82) is 0 Å². The zero-order chi connectivity index (χ0) is 14.5. The Morgan fingerprint density at radius 3 is 2.80 bits per heavy atom. The summed E-state index contributed by atoms with van der Waals surface area (Å²) in [4.78, 5) is 22.5. The number of carboxylic acids is 1. The summed E-state index contributed by atoms with van der Waals surface area (Å²) in [6, 6.07) is 3.77. The molecule has 1 atom stereocenters. The molecular weight excluding hydrogens is 262 g/mol. The fourth-order valence-electron chi connectivity index (χ4n) is 2.36. The number of aliphatic carboxylic acids is 1. The highest BCUT2D eigenvalue weighted by molar-refractivity contribution is 5.93. The lowest BCUT2D eigenvalue weighted by Gasteiger charge is -2.26. The summed E-state index contributed by atoms with van der Waals surface area (Å²) in [6.07, 6.45) is 2.18. The summed E-state index contributed by atoms with van der Waals surface area (Å²) in [5.41, 5.74) is 0.495. The van der Waals surface area contributed by atoms with E-state index in [0.29, 0.717) is 5.69 Å². The van der Waals surface area contributed by atoms with Crippen LogP contribution in [0.25, 0.3) is 0 Å². The monoisotopic (exact) mass is 281 g/mol. The lowest BCUT2D eigenvalue weighted by molar-refractivity contribution is -0.146. The van der Waals surface area contributed by atoms with Crippen molar-refractivity contribution in [1.82, 2.24) is 15.2 Å². The molecule has 2 heterocycles. The zero-order valence-corrected chi connectivity index (χ0v) is 11.1. The Morgan fingerprint density at radius 2 is 2.15 bits per heavy atom. The molecule has 0 saturated carbocycles. The molecule has 0 aliphatic carbocycles. The van der Waals surface area contributed by atoms with Crippen molar-refractivity contribution in [2.24, 2.45) is 0 Å². The van der Waals surface area contributed by atoms with Crippen LogP contribution in [-0.2, 0) is 4.79 Å². The second kappa shape index (κ2) is 6.53. The number of piperidine rings is 1. The maximum atomic E-state index is 12.0. The zero-order valence-electron chi connectivity index (χ0n) is 11.1. The number of carboxylic acid groups (broad SMARTS) is 1. The molecular formula is C13H19N3O4. The van der Waals surface area contributed by atoms with E-state index in [1.54, 1.807) is 12.1 Å². The van der Waals surface area contributed by atoms with E-state index in [0.717, 1.165) is 25.9 Å². The number of hydrogen-bond donors (Lipinski definition) is 4.